The molecule has 1 amide bonds. The number of para-hydroxylation sites is 2. The highest BCUT2D eigenvalue weighted by Gasteiger charge is 2.25. The number of amides is 1. The Morgan fingerprint density at radius 1 is 1.00 bits per heavy atom. The van der Waals surface area contributed by atoms with Gasteiger partial charge in [0.2, 0.25) is 11.3 Å². The van der Waals surface area contributed by atoms with Gasteiger partial charge >= 0.3 is 5.97 Å². The lowest BCUT2D eigenvalue weighted by molar-refractivity contribution is -0.129. The van der Waals surface area contributed by atoms with Crippen LogP contribution in [0.25, 0.3) is 27.7 Å². The molecule has 31 heavy (non-hydrogen) atoms. The van der Waals surface area contributed by atoms with Crippen LogP contribution in [0.15, 0.2) is 41.2 Å². The van der Waals surface area contributed by atoms with Crippen LogP contribution in [0.4, 0.5) is 5.82 Å². The second-order valence-corrected chi connectivity index (χ2v) is 7.75. The minimum absolute atomic E-state index is 0.0522. The fraction of sp³-hybridized carbons (Fsp3) is 0.273. The van der Waals surface area contributed by atoms with E-state index >= 15 is 0 Å². The number of imidazole rings is 1. The van der Waals surface area contributed by atoms with Gasteiger partial charge < -0.3 is 19.5 Å². The van der Waals surface area contributed by atoms with Gasteiger partial charge in [0.1, 0.15) is 17.0 Å². The minimum atomic E-state index is -1.26. The van der Waals surface area contributed by atoms with Crippen LogP contribution in [0.2, 0.25) is 0 Å². The third kappa shape index (κ3) is 2.77. The standard InChI is InChI=1S/C22H21N5O4/c1-13(28)25-9-11-26(12-10-25)17-8-7-14-19(29)18(22(30)31)21-24(2)15-5-3-4-6-16(15)27(21)20(14)23-17/h3-8H,9-12H2,1-2H3,(H,30,31). The van der Waals surface area contributed by atoms with Gasteiger partial charge in [0.05, 0.1) is 16.4 Å². The Morgan fingerprint density at radius 2 is 1.68 bits per heavy atom. The second kappa shape index (κ2) is 6.83. The molecule has 9 heteroatoms. The normalized spacial score (nSPS) is 14.6. The Kier molecular flexibility index (Phi) is 4.21. The number of aromatic carboxylic acids is 1. The van der Waals surface area contributed by atoms with Crippen LogP contribution in [0.3, 0.4) is 0 Å². The summed E-state index contributed by atoms with van der Waals surface area (Å²) in [7, 11) is 1.75. The van der Waals surface area contributed by atoms with Crippen molar-refractivity contribution in [2.24, 2.45) is 7.05 Å². The van der Waals surface area contributed by atoms with Crippen molar-refractivity contribution in [3.8, 4) is 0 Å². The molecule has 0 aliphatic carbocycles. The first-order valence-corrected chi connectivity index (χ1v) is 10.0. The summed E-state index contributed by atoms with van der Waals surface area (Å²) in [5.41, 5.74) is 1.49. The van der Waals surface area contributed by atoms with Crippen LogP contribution >= 0.6 is 0 Å². The zero-order valence-corrected chi connectivity index (χ0v) is 17.2. The number of nitrogens with zero attached hydrogens (tertiary/aromatic N) is 5. The maximum absolute atomic E-state index is 13.1. The monoisotopic (exact) mass is 419 g/mol. The summed E-state index contributed by atoms with van der Waals surface area (Å²) in [5, 5.41) is 10.1. The fourth-order valence-corrected chi connectivity index (χ4v) is 4.45. The summed E-state index contributed by atoms with van der Waals surface area (Å²) in [5.74, 6) is -0.518. The van der Waals surface area contributed by atoms with Gasteiger partial charge in [-0.3, -0.25) is 14.0 Å². The quantitative estimate of drug-likeness (QED) is 0.531. The first-order chi connectivity index (χ1) is 14.9. The number of anilines is 1. The molecule has 4 heterocycles. The third-order valence-corrected chi connectivity index (χ3v) is 6.04. The SMILES string of the molecule is CC(=O)N1CCN(c2ccc3c(=O)c(C(=O)O)c4n(C)c5ccccc5n4c3n2)CC1. The van der Waals surface area contributed by atoms with E-state index in [1.807, 2.05) is 24.3 Å². The number of hydrogen-bond acceptors (Lipinski definition) is 5. The lowest BCUT2D eigenvalue weighted by Gasteiger charge is -2.35. The van der Waals surface area contributed by atoms with Crippen molar-refractivity contribution in [1.82, 2.24) is 18.9 Å². The van der Waals surface area contributed by atoms with E-state index in [4.69, 9.17) is 4.98 Å². The molecule has 5 rings (SSSR count). The van der Waals surface area contributed by atoms with Crippen LogP contribution in [0, 0.1) is 0 Å². The molecule has 0 spiro atoms. The first-order valence-electron chi connectivity index (χ1n) is 10.0. The van der Waals surface area contributed by atoms with Crippen molar-refractivity contribution in [2.75, 3.05) is 31.1 Å². The molecule has 1 saturated heterocycles. The van der Waals surface area contributed by atoms with Crippen LogP contribution in [0.1, 0.15) is 17.3 Å². The smallest absolute Gasteiger partial charge is 0.343 e. The van der Waals surface area contributed by atoms with E-state index in [1.165, 1.54) is 0 Å². The number of pyridine rings is 2. The van der Waals surface area contributed by atoms with Gasteiger partial charge in [0, 0.05) is 40.2 Å². The molecule has 0 unspecified atom stereocenters. The molecule has 0 atom stereocenters. The zero-order valence-electron chi connectivity index (χ0n) is 17.2. The average molecular weight is 419 g/mol. The summed E-state index contributed by atoms with van der Waals surface area (Å²) in [6.07, 6.45) is 0. The van der Waals surface area contributed by atoms with Crippen molar-refractivity contribution < 1.29 is 14.7 Å². The maximum Gasteiger partial charge on any atom is 0.343 e. The van der Waals surface area contributed by atoms with Crippen LogP contribution in [-0.4, -0.2) is 62.0 Å². The zero-order chi connectivity index (χ0) is 21.9. The Bertz CT molecular complexity index is 1440. The largest absolute Gasteiger partial charge is 0.477 e. The molecule has 158 valence electrons. The number of rotatable bonds is 2. The van der Waals surface area contributed by atoms with Crippen LogP contribution in [0.5, 0.6) is 0 Å². The topological polar surface area (TPSA) is 100 Å². The summed E-state index contributed by atoms with van der Waals surface area (Å²) in [6, 6.07) is 10.9. The summed E-state index contributed by atoms with van der Waals surface area (Å²) in [4.78, 5) is 45.4. The van der Waals surface area contributed by atoms with Crippen molar-refractivity contribution in [2.45, 2.75) is 6.92 Å². The number of aryl methyl sites for hydroxylation is 1. The van der Waals surface area contributed by atoms with E-state index in [-0.39, 0.29) is 16.9 Å². The Hall–Kier alpha value is -3.88. The lowest BCUT2D eigenvalue weighted by Crippen LogP contribution is -2.48. The molecule has 9 nitrogen and oxygen atoms in total. The predicted molar refractivity (Wildman–Crippen MR) is 117 cm³/mol. The minimum Gasteiger partial charge on any atom is -0.477 e. The van der Waals surface area contributed by atoms with Crippen molar-refractivity contribution in [3.05, 3.63) is 52.2 Å². The number of carbonyl (C=O) groups is 2. The van der Waals surface area contributed by atoms with Gasteiger partial charge in [-0.1, -0.05) is 12.1 Å². The van der Waals surface area contributed by atoms with Crippen LogP contribution in [-0.2, 0) is 11.8 Å². The van der Waals surface area contributed by atoms with Gasteiger partial charge in [0.15, 0.2) is 5.65 Å². The van der Waals surface area contributed by atoms with E-state index in [0.717, 1.165) is 11.0 Å². The van der Waals surface area contributed by atoms with Gasteiger partial charge in [-0.25, -0.2) is 9.78 Å². The highest BCUT2D eigenvalue weighted by atomic mass is 16.4. The Balaban J connectivity index is 1.79. The van der Waals surface area contributed by atoms with E-state index in [2.05, 4.69) is 4.90 Å². The Morgan fingerprint density at radius 3 is 2.32 bits per heavy atom. The average Bonchev–Trinajstić information content (AvgIpc) is 3.06. The second-order valence-electron chi connectivity index (χ2n) is 7.75. The molecule has 0 saturated carbocycles. The first kappa shape index (κ1) is 19.1. The molecule has 0 bridgehead atoms. The van der Waals surface area contributed by atoms with Crippen molar-refractivity contribution >= 4 is 45.4 Å². The summed E-state index contributed by atoms with van der Waals surface area (Å²) < 4.78 is 3.48. The molecule has 3 aromatic heterocycles. The van der Waals surface area contributed by atoms with E-state index in [9.17, 15) is 19.5 Å². The van der Waals surface area contributed by atoms with Gasteiger partial charge in [-0.05, 0) is 24.3 Å². The lowest BCUT2D eigenvalue weighted by atomic mass is 10.1. The van der Waals surface area contributed by atoms with E-state index in [0.29, 0.717) is 43.3 Å². The van der Waals surface area contributed by atoms with Crippen molar-refractivity contribution in [1.29, 1.82) is 0 Å². The fourth-order valence-electron chi connectivity index (χ4n) is 4.45. The summed E-state index contributed by atoms with van der Waals surface area (Å²) >= 11 is 0. The third-order valence-electron chi connectivity index (χ3n) is 6.04. The highest BCUT2D eigenvalue weighted by Crippen LogP contribution is 2.27. The van der Waals surface area contributed by atoms with Crippen LogP contribution < -0.4 is 10.3 Å². The molecule has 4 aromatic rings. The van der Waals surface area contributed by atoms with Gasteiger partial charge in [0.25, 0.3) is 0 Å². The molecule has 1 aromatic carbocycles. The van der Waals surface area contributed by atoms with E-state index in [1.54, 1.807) is 40.0 Å². The predicted octanol–water partition coefficient (Wildman–Crippen LogP) is 1.71. The van der Waals surface area contributed by atoms with E-state index < -0.39 is 11.4 Å². The number of carbonyl (C=O) groups excluding carboxylic acids is 1. The molecule has 1 fully saturated rings. The van der Waals surface area contributed by atoms with Gasteiger partial charge in [-0.15, -0.1) is 0 Å². The summed E-state index contributed by atoms with van der Waals surface area (Å²) in [6.45, 7) is 4.05. The highest BCUT2D eigenvalue weighted by molar-refractivity contribution is 6.02. The number of piperazine rings is 1. The molecule has 0 radical (unpaired) electrons. The Labute approximate surface area is 176 Å². The number of benzene rings is 1. The number of hydrogen-bond donors (Lipinski definition) is 1. The molecule has 1 aliphatic rings. The number of carboxylic acid groups (broad SMARTS) is 1. The molecule has 1 aliphatic heterocycles. The van der Waals surface area contributed by atoms with Gasteiger partial charge in [-0.2, -0.15) is 0 Å². The number of carboxylic acids is 1. The number of fused-ring (bicyclic) bond motifs is 5. The van der Waals surface area contributed by atoms with Crippen molar-refractivity contribution in [3.63, 3.8) is 0 Å². The maximum atomic E-state index is 13.1. The molecule has 1 N–H and O–H groups in total. The molecular formula is C22H21N5O4. The molecular weight excluding hydrogens is 398 g/mol. The number of aromatic nitrogens is 3.